The highest BCUT2D eigenvalue weighted by atomic mass is 16.6. The van der Waals surface area contributed by atoms with Crippen molar-refractivity contribution in [3.8, 4) is 5.75 Å². The largest absolute Gasteiger partial charge is 0.497 e. The van der Waals surface area contributed by atoms with Gasteiger partial charge in [-0.2, -0.15) is 0 Å². The van der Waals surface area contributed by atoms with E-state index in [0.29, 0.717) is 22.7 Å². The number of carbonyl (C=O) groups excluding carboxylic acids is 2. The van der Waals surface area contributed by atoms with E-state index in [1.54, 1.807) is 48.7 Å². The third kappa shape index (κ3) is 4.04. The minimum Gasteiger partial charge on any atom is -0.497 e. The lowest BCUT2D eigenvalue weighted by molar-refractivity contribution is -0.384. The summed E-state index contributed by atoms with van der Waals surface area (Å²) in [5, 5.41) is 14.0. The van der Waals surface area contributed by atoms with Crippen LogP contribution in [-0.2, 0) is 16.1 Å². The van der Waals surface area contributed by atoms with Crippen molar-refractivity contribution in [3.05, 3.63) is 100.0 Å². The lowest BCUT2D eigenvalue weighted by Gasteiger charge is -2.15. The van der Waals surface area contributed by atoms with Crippen molar-refractivity contribution >= 4 is 28.8 Å². The van der Waals surface area contributed by atoms with Crippen LogP contribution in [0.15, 0.2) is 78.6 Å². The minimum atomic E-state index is -0.525. The number of rotatable bonds is 7. The maximum Gasteiger partial charge on any atom is 0.278 e. The Bertz CT molecular complexity index is 1220. The van der Waals surface area contributed by atoms with Gasteiger partial charge >= 0.3 is 0 Å². The molecule has 0 atom stereocenters. The number of hydrogen-bond acceptors (Lipinski definition) is 7. The fourth-order valence-corrected chi connectivity index (χ4v) is 3.35. The zero-order valence-corrected chi connectivity index (χ0v) is 17.0. The first-order valence-electron chi connectivity index (χ1n) is 9.64. The van der Waals surface area contributed by atoms with Gasteiger partial charge in [-0.25, -0.2) is 0 Å². The lowest BCUT2D eigenvalue weighted by atomic mass is 10.0. The van der Waals surface area contributed by atoms with E-state index >= 15 is 0 Å². The number of benzene rings is 2. The average Bonchev–Trinajstić information content (AvgIpc) is 3.04. The number of pyridine rings is 1. The van der Waals surface area contributed by atoms with Gasteiger partial charge in [-0.15, -0.1) is 0 Å². The van der Waals surface area contributed by atoms with Crippen LogP contribution in [0, 0.1) is 10.1 Å². The highest BCUT2D eigenvalue weighted by Gasteiger charge is 2.39. The predicted molar refractivity (Wildman–Crippen MR) is 116 cm³/mol. The van der Waals surface area contributed by atoms with Crippen LogP contribution in [0.25, 0.3) is 5.57 Å². The van der Waals surface area contributed by atoms with E-state index < -0.39 is 16.7 Å². The van der Waals surface area contributed by atoms with Gasteiger partial charge in [0.2, 0.25) is 0 Å². The molecule has 0 aliphatic carbocycles. The number of hydrogen-bond donors (Lipinski definition) is 1. The van der Waals surface area contributed by atoms with Crippen LogP contribution in [0.4, 0.5) is 11.4 Å². The van der Waals surface area contributed by atoms with E-state index in [4.69, 9.17) is 4.74 Å². The first-order valence-corrected chi connectivity index (χ1v) is 9.64. The van der Waals surface area contributed by atoms with Gasteiger partial charge in [0.05, 0.1) is 29.8 Å². The van der Waals surface area contributed by atoms with Crippen molar-refractivity contribution in [1.29, 1.82) is 0 Å². The summed E-state index contributed by atoms with van der Waals surface area (Å²) in [5.41, 5.74) is 1.60. The van der Waals surface area contributed by atoms with Crippen LogP contribution in [0.5, 0.6) is 5.75 Å². The number of methoxy groups -OCH3 is 1. The van der Waals surface area contributed by atoms with Gasteiger partial charge in [-0.1, -0.05) is 12.1 Å². The zero-order chi connectivity index (χ0) is 22.7. The fraction of sp³-hybridized carbons (Fsp3) is 0.0870. The summed E-state index contributed by atoms with van der Waals surface area (Å²) in [6, 6.07) is 17.7. The molecule has 1 aliphatic rings. The molecular formula is C23H18N4O5. The second-order valence-electron chi connectivity index (χ2n) is 6.93. The standard InChI is InChI=1S/C23H18N4O5/c1-32-19-7-4-6-16(13-19)25-21-20(15-8-10-18(11-9-15)27(30)31)22(28)26(23(21)29)14-17-5-2-3-12-24-17/h2-13,25H,14H2,1H3. The molecule has 1 aliphatic heterocycles. The van der Waals surface area contributed by atoms with E-state index in [-0.39, 0.29) is 23.5 Å². The Kier molecular flexibility index (Phi) is 5.63. The Labute approximate surface area is 183 Å². The maximum atomic E-state index is 13.3. The van der Waals surface area contributed by atoms with Crippen molar-refractivity contribution in [2.24, 2.45) is 0 Å². The molecule has 2 aromatic carbocycles. The Balaban J connectivity index is 1.75. The van der Waals surface area contributed by atoms with Crippen LogP contribution in [0.2, 0.25) is 0 Å². The third-order valence-corrected chi connectivity index (χ3v) is 4.92. The molecule has 9 nitrogen and oxygen atoms in total. The number of amides is 2. The van der Waals surface area contributed by atoms with Gasteiger partial charge in [-0.05, 0) is 42.0 Å². The first-order chi connectivity index (χ1) is 15.5. The number of nitrogens with zero attached hydrogens (tertiary/aromatic N) is 3. The molecule has 9 heteroatoms. The van der Waals surface area contributed by atoms with E-state index in [0.717, 1.165) is 4.90 Å². The molecule has 32 heavy (non-hydrogen) atoms. The normalized spacial score (nSPS) is 13.5. The number of nitro benzene ring substituents is 1. The number of non-ortho nitro benzene ring substituents is 1. The van der Waals surface area contributed by atoms with Crippen molar-refractivity contribution in [2.45, 2.75) is 6.54 Å². The number of carbonyl (C=O) groups is 2. The van der Waals surface area contributed by atoms with Crippen LogP contribution in [-0.4, -0.2) is 33.7 Å². The van der Waals surface area contributed by atoms with Crippen LogP contribution >= 0.6 is 0 Å². The van der Waals surface area contributed by atoms with Gasteiger partial charge in [0.15, 0.2) is 0 Å². The quantitative estimate of drug-likeness (QED) is 0.347. The number of aromatic nitrogens is 1. The summed E-state index contributed by atoms with van der Waals surface area (Å²) in [6.45, 7) is -0.00171. The van der Waals surface area contributed by atoms with Crippen molar-refractivity contribution < 1.29 is 19.2 Å². The summed E-state index contributed by atoms with van der Waals surface area (Å²) in [4.78, 5) is 42.3. The van der Waals surface area contributed by atoms with E-state index in [9.17, 15) is 19.7 Å². The second kappa shape index (κ2) is 8.68. The highest BCUT2D eigenvalue weighted by molar-refractivity contribution is 6.36. The van der Waals surface area contributed by atoms with Crippen LogP contribution < -0.4 is 10.1 Å². The Morgan fingerprint density at radius 3 is 2.47 bits per heavy atom. The molecule has 0 radical (unpaired) electrons. The van der Waals surface area contributed by atoms with Gasteiger partial charge < -0.3 is 10.1 Å². The average molecular weight is 430 g/mol. The smallest absolute Gasteiger partial charge is 0.278 e. The summed E-state index contributed by atoms with van der Waals surface area (Å²) in [5.74, 6) is -0.452. The molecule has 4 rings (SSSR count). The van der Waals surface area contributed by atoms with E-state index in [1.807, 2.05) is 0 Å². The molecule has 0 unspecified atom stereocenters. The summed E-state index contributed by atoms with van der Waals surface area (Å²) in [7, 11) is 1.53. The Hall–Kier alpha value is -4.53. The number of nitrogens with one attached hydrogen (secondary N) is 1. The zero-order valence-electron chi connectivity index (χ0n) is 17.0. The van der Waals surface area contributed by atoms with Crippen LogP contribution in [0.3, 0.4) is 0 Å². The SMILES string of the molecule is COc1cccc(NC2=C(c3ccc([N+](=O)[O-])cc3)C(=O)N(Cc3ccccn3)C2=O)c1. The first kappa shape index (κ1) is 20.7. The molecule has 0 saturated heterocycles. The molecule has 2 amide bonds. The number of ether oxygens (including phenoxy) is 1. The van der Waals surface area contributed by atoms with E-state index in [1.165, 1.54) is 31.4 Å². The Morgan fingerprint density at radius 1 is 1.03 bits per heavy atom. The maximum absolute atomic E-state index is 13.3. The van der Waals surface area contributed by atoms with Gasteiger partial charge in [-0.3, -0.25) is 29.6 Å². The molecule has 0 bridgehead atoms. The van der Waals surface area contributed by atoms with Crippen LogP contribution in [0.1, 0.15) is 11.3 Å². The summed E-state index contributed by atoms with van der Waals surface area (Å²) >= 11 is 0. The molecule has 1 N–H and O–H groups in total. The second-order valence-corrected chi connectivity index (χ2v) is 6.93. The van der Waals surface area contributed by atoms with Gasteiger partial charge in [0.25, 0.3) is 17.5 Å². The van der Waals surface area contributed by atoms with Crippen molar-refractivity contribution in [1.82, 2.24) is 9.88 Å². The molecule has 0 fully saturated rings. The van der Waals surface area contributed by atoms with E-state index in [2.05, 4.69) is 10.3 Å². The fourth-order valence-electron chi connectivity index (χ4n) is 3.35. The number of imide groups is 1. The molecule has 0 saturated carbocycles. The number of nitro groups is 1. The molecule has 160 valence electrons. The summed E-state index contributed by atoms with van der Waals surface area (Å²) in [6.07, 6.45) is 1.58. The van der Waals surface area contributed by atoms with Crippen molar-refractivity contribution in [2.75, 3.05) is 12.4 Å². The monoisotopic (exact) mass is 430 g/mol. The predicted octanol–water partition coefficient (Wildman–Crippen LogP) is 3.39. The summed E-state index contributed by atoms with van der Waals surface area (Å²) < 4.78 is 5.22. The molecule has 3 aromatic rings. The minimum absolute atomic E-state index is 0.00171. The van der Waals surface area contributed by atoms with Gasteiger partial charge in [0.1, 0.15) is 11.4 Å². The molecule has 2 heterocycles. The molecule has 1 aromatic heterocycles. The Morgan fingerprint density at radius 2 is 1.81 bits per heavy atom. The van der Waals surface area contributed by atoms with Gasteiger partial charge in [0, 0.05) is 30.1 Å². The van der Waals surface area contributed by atoms with Crippen molar-refractivity contribution in [3.63, 3.8) is 0 Å². The molecular weight excluding hydrogens is 412 g/mol. The number of anilines is 1. The highest BCUT2D eigenvalue weighted by Crippen LogP contribution is 2.32. The topological polar surface area (TPSA) is 115 Å². The third-order valence-electron chi connectivity index (χ3n) is 4.92. The molecule has 0 spiro atoms. The lowest BCUT2D eigenvalue weighted by Crippen LogP contribution is -2.32.